The van der Waals surface area contributed by atoms with Gasteiger partial charge in [-0.05, 0) is 72.1 Å². The molecule has 0 bridgehead atoms. The molecule has 0 N–H and O–H groups in total. The molecule has 4 heteroatoms. The van der Waals surface area contributed by atoms with Crippen LogP contribution in [0.1, 0.15) is 66.2 Å². The first-order valence-corrected chi connectivity index (χ1v) is 8.38. The molecule has 0 unspecified atom stereocenters. The van der Waals surface area contributed by atoms with E-state index in [0.717, 1.165) is 38.5 Å². The Morgan fingerprint density at radius 3 is 2.32 bits per heavy atom. The van der Waals surface area contributed by atoms with Crippen molar-refractivity contribution in [3.05, 3.63) is 12.2 Å². The largest absolute Gasteiger partial charge is 0.463 e. The van der Waals surface area contributed by atoms with Crippen molar-refractivity contribution in [3.63, 3.8) is 0 Å². The second-order valence-electron chi connectivity index (χ2n) is 6.98. The molecule has 4 nitrogen and oxygen atoms in total. The van der Waals surface area contributed by atoms with E-state index in [0.29, 0.717) is 12.5 Å². The van der Waals surface area contributed by atoms with Crippen LogP contribution in [0.3, 0.4) is 0 Å². The van der Waals surface area contributed by atoms with Gasteiger partial charge in [0.15, 0.2) is 0 Å². The van der Waals surface area contributed by atoms with Crippen LogP contribution in [-0.4, -0.2) is 24.1 Å². The van der Waals surface area contributed by atoms with E-state index in [9.17, 15) is 9.59 Å². The van der Waals surface area contributed by atoms with Gasteiger partial charge in [0, 0.05) is 6.08 Å². The maximum atomic E-state index is 12.0. The van der Waals surface area contributed by atoms with Crippen LogP contribution in [-0.2, 0) is 19.1 Å². The van der Waals surface area contributed by atoms with Gasteiger partial charge in [-0.15, -0.1) is 0 Å². The molecule has 0 radical (unpaired) electrons. The average Bonchev–Trinajstić information content (AvgIpc) is 2.43. The topological polar surface area (TPSA) is 52.6 Å². The summed E-state index contributed by atoms with van der Waals surface area (Å²) in [5, 5.41) is 0. The van der Waals surface area contributed by atoms with Gasteiger partial charge < -0.3 is 9.47 Å². The molecular formula is C18H30O4. The molecule has 1 aliphatic rings. The number of carbonyl (C=O) groups is 2. The summed E-state index contributed by atoms with van der Waals surface area (Å²) in [7, 11) is 0. The van der Waals surface area contributed by atoms with Gasteiger partial charge in [-0.3, -0.25) is 4.79 Å². The van der Waals surface area contributed by atoms with Crippen LogP contribution in [0, 0.1) is 11.8 Å². The highest BCUT2D eigenvalue weighted by Gasteiger charge is 2.29. The zero-order valence-electron chi connectivity index (χ0n) is 14.4. The third-order valence-electron chi connectivity index (χ3n) is 3.87. The Hall–Kier alpha value is -1.32. The van der Waals surface area contributed by atoms with Gasteiger partial charge in [-0.1, -0.05) is 6.08 Å². The lowest BCUT2D eigenvalue weighted by molar-refractivity contribution is -0.161. The molecule has 0 atom stereocenters. The quantitative estimate of drug-likeness (QED) is 0.549. The summed E-state index contributed by atoms with van der Waals surface area (Å²) in [6.45, 7) is 7.94. The van der Waals surface area contributed by atoms with E-state index in [1.165, 1.54) is 6.08 Å². The molecule has 0 aromatic carbocycles. The molecule has 22 heavy (non-hydrogen) atoms. The van der Waals surface area contributed by atoms with Gasteiger partial charge in [0.25, 0.3) is 0 Å². The van der Waals surface area contributed by atoms with Crippen molar-refractivity contribution in [2.75, 3.05) is 6.61 Å². The molecule has 1 saturated carbocycles. The van der Waals surface area contributed by atoms with Crippen molar-refractivity contribution < 1.29 is 19.1 Å². The van der Waals surface area contributed by atoms with Crippen LogP contribution in [0.2, 0.25) is 0 Å². The van der Waals surface area contributed by atoms with E-state index in [2.05, 4.69) is 0 Å². The lowest BCUT2D eigenvalue weighted by Crippen LogP contribution is -2.30. The summed E-state index contributed by atoms with van der Waals surface area (Å²) in [5.74, 6) is 0.389. The first kappa shape index (κ1) is 18.7. The van der Waals surface area contributed by atoms with Crippen molar-refractivity contribution >= 4 is 11.9 Å². The van der Waals surface area contributed by atoms with Crippen molar-refractivity contribution in [2.45, 2.75) is 71.8 Å². The molecule has 1 aliphatic carbocycles. The summed E-state index contributed by atoms with van der Waals surface area (Å²) in [6, 6.07) is 0. The van der Waals surface area contributed by atoms with Gasteiger partial charge in [0.05, 0.1) is 12.5 Å². The van der Waals surface area contributed by atoms with E-state index in [1.54, 1.807) is 6.92 Å². The van der Waals surface area contributed by atoms with E-state index < -0.39 is 5.60 Å². The van der Waals surface area contributed by atoms with E-state index in [-0.39, 0.29) is 17.9 Å². The highest BCUT2D eigenvalue weighted by atomic mass is 16.6. The predicted octanol–water partition coefficient (Wildman–Crippen LogP) is 4.03. The standard InChI is InChI=1S/C18H30O4/c1-5-21-16(19)9-7-6-8-14-10-12-15(13-11-14)17(20)22-18(2,3)4/h7,9,14-15H,5-6,8,10-13H2,1-4H3. The molecule has 0 aromatic heterocycles. The van der Waals surface area contributed by atoms with Crippen LogP contribution in [0.15, 0.2) is 12.2 Å². The summed E-state index contributed by atoms with van der Waals surface area (Å²) < 4.78 is 10.3. The number of hydrogen-bond acceptors (Lipinski definition) is 4. The molecule has 0 aliphatic heterocycles. The number of rotatable bonds is 6. The number of allylic oxidation sites excluding steroid dienone is 1. The average molecular weight is 310 g/mol. The fourth-order valence-electron chi connectivity index (χ4n) is 2.77. The van der Waals surface area contributed by atoms with Gasteiger partial charge >= 0.3 is 11.9 Å². The lowest BCUT2D eigenvalue weighted by atomic mass is 9.80. The fourth-order valence-corrected chi connectivity index (χ4v) is 2.77. The lowest BCUT2D eigenvalue weighted by Gasteiger charge is -2.29. The molecule has 0 amide bonds. The van der Waals surface area contributed by atoms with Crippen molar-refractivity contribution in [1.29, 1.82) is 0 Å². The Labute approximate surface area is 134 Å². The maximum Gasteiger partial charge on any atom is 0.330 e. The zero-order chi connectivity index (χ0) is 16.6. The molecule has 126 valence electrons. The second kappa shape index (κ2) is 8.96. The van der Waals surface area contributed by atoms with Crippen LogP contribution < -0.4 is 0 Å². The van der Waals surface area contributed by atoms with Crippen LogP contribution >= 0.6 is 0 Å². The van der Waals surface area contributed by atoms with Crippen LogP contribution in [0.5, 0.6) is 0 Å². The molecule has 0 spiro atoms. The summed E-state index contributed by atoms with van der Waals surface area (Å²) in [4.78, 5) is 23.2. The monoisotopic (exact) mass is 310 g/mol. The Morgan fingerprint density at radius 1 is 1.14 bits per heavy atom. The maximum absolute atomic E-state index is 12.0. The summed E-state index contributed by atoms with van der Waals surface area (Å²) in [5.41, 5.74) is -0.397. The number of carbonyl (C=O) groups excluding carboxylic acids is 2. The van der Waals surface area contributed by atoms with E-state index in [4.69, 9.17) is 9.47 Å². The zero-order valence-corrected chi connectivity index (χ0v) is 14.4. The Kier molecular flexibility index (Phi) is 7.63. The molecular weight excluding hydrogens is 280 g/mol. The number of ether oxygens (including phenoxy) is 2. The Balaban J connectivity index is 2.23. The van der Waals surface area contributed by atoms with Crippen molar-refractivity contribution in [3.8, 4) is 0 Å². The minimum Gasteiger partial charge on any atom is -0.463 e. The summed E-state index contributed by atoms with van der Waals surface area (Å²) in [6.07, 6.45) is 9.32. The molecule has 1 fully saturated rings. The third-order valence-corrected chi connectivity index (χ3v) is 3.87. The van der Waals surface area contributed by atoms with Gasteiger partial charge in [-0.2, -0.15) is 0 Å². The minimum absolute atomic E-state index is 0.0480. The molecule has 0 aromatic rings. The Morgan fingerprint density at radius 2 is 1.77 bits per heavy atom. The highest BCUT2D eigenvalue weighted by molar-refractivity contribution is 5.81. The molecule has 0 saturated heterocycles. The van der Waals surface area contributed by atoms with Crippen molar-refractivity contribution in [1.82, 2.24) is 0 Å². The fraction of sp³-hybridized carbons (Fsp3) is 0.778. The first-order chi connectivity index (χ1) is 10.3. The smallest absolute Gasteiger partial charge is 0.330 e. The van der Waals surface area contributed by atoms with E-state index >= 15 is 0 Å². The summed E-state index contributed by atoms with van der Waals surface area (Å²) >= 11 is 0. The van der Waals surface area contributed by atoms with Gasteiger partial charge in [0.1, 0.15) is 5.60 Å². The second-order valence-corrected chi connectivity index (χ2v) is 6.98. The van der Waals surface area contributed by atoms with Gasteiger partial charge in [-0.25, -0.2) is 4.79 Å². The SMILES string of the molecule is CCOC(=O)C=CCCC1CCC(C(=O)OC(C)(C)C)CC1. The molecule has 1 rings (SSSR count). The first-order valence-electron chi connectivity index (χ1n) is 8.38. The number of hydrogen-bond donors (Lipinski definition) is 0. The van der Waals surface area contributed by atoms with Crippen LogP contribution in [0.25, 0.3) is 0 Å². The van der Waals surface area contributed by atoms with Crippen molar-refractivity contribution in [2.24, 2.45) is 11.8 Å². The normalized spacial score (nSPS) is 22.5. The third kappa shape index (κ3) is 7.62. The van der Waals surface area contributed by atoms with E-state index in [1.807, 2.05) is 26.8 Å². The van der Waals surface area contributed by atoms with Crippen LogP contribution in [0.4, 0.5) is 0 Å². The Bertz CT molecular complexity index is 384. The predicted molar refractivity (Wildman–Crippen MR) is 86.3 cm³/mol. The minimum atomic E-state index is -0.397. The van der Waals surface area contributed by atoms with Gasteiger partial charge in [0.2, 0.25) is 0 Å². The highest BCUT2D eigenvalue weighted by Crippen LogP contribution is 2.33. The number of esters is 2. The molecule has 0 heterocycles.